The number of rotatable bonds is 8. The van der Waals surface area contributed by atoms with Gasteiger partial charge in [0.05, 0.1) is 14.2 Å². The van der Waals surface area contributed by atoms with E-state index >= 15 is 0 Å². The Morgan fingerprint density at radius 2 is 1.44 bits per heavy atom. The molecule has 0 radical (unpaired) electrons. The Morgan fingerprint density at radius 1 is 0.920 bits per heavy atom. The molecule has 7 nitrogen and oxygen atoms in total. The molecule has 2 rings (SSSR count). The van der Waals surface area contributed by atoms with Crippen LogP contribution in [0.4, 0.5) is 0 Å². The second-order valence-corrected chi connectivity index (χ2v) is 4.83. The Bertz CT molecular complexity index is 715. The summed E-state index contributed by atoms with van der Waals surface area (Å²) in [5, 5.41) is 18.5. The van der Waals surface area contributed by atoms with Crippen molar-refractivity contribution in [3.63, 3.8) is 0 Å². The van der Waals surface area contributed by atoms with Gasteiger partial charge in [-0.2, -0.15) is 0 Å². The average molecular weight is 346 g/mol. The van der Waals surface area contributed by atoms with Gasteiger partial charge in [-0.15, -0.1) is 0 Å². The van der Waals surface area contributed by atoms with E-state index < -0.39 is 12.4 Å². The first-order valence-corrected chi connectivity index (χ1v) is 7.25. The molecule has 0 aliphatic carbocycles. The van der Waals surface area contributed by atoms with Gasteiger partial charge in [-0.3, -0.25) is 0 Å². The fourth-order valence-corrected chi connectivity index (χ4v) is 1.93. The van der Waals surface area contributed by atoms with Crippen LogP contribution in [0.5, 0.6) is 23.0 Å². The van der Waals surface area contributed by atoms with Gasteiger partial charge in [0, 0.05) is 24.3 Å². The molecule has 25 heavy (non-hydrogen) atoms. The van der Waals surface area contributed by atoms with Gasteiger partial charge in [0.1, 0.15) is 23.0 Å². The van der Waals surface area contributed by atoms with Gasteiger partial charge in [0.15, 0.2) is 0 Å². The first-order chi connectivity index (χ1) is 12.0. The van der Waals surface area contributed by atoms with Crippen molar-refractivity contribution in [1.82, 2.24) is 0 Å². The van der Waals surface area contributed by atoms with Crippen LogP contribution in [0.2, 0.25) is 0 Å². The summed E-state index contributed by atoms with van der Waals surface area (Å²) in [4.78, 5) is 10.5. The highest BCUT2D eigenvalue weighted by Crippen LogP contribution is 2.28. The van der Waals surface area contributed by atoms with Crippen molar-refractivity contribution < 1.29 is 34.0 Å². The summed E-state index contributed by atoms with van der Waals surface area (Å²) in [6.07, 6.45) is 2.48. The molecule has 0 aromatic heterocycles. The highest BCUT2D eigenvalue weighted by Gasteiger charge is 2.10. The molecule has 0 fully saturated rings. The third-order valence-corrected chi connectivity index (χ3v) is 3.10. The first-order valence-electron chi connectivity index (χ1n) is 7.25. The number of carboxylic acids is 1. The molecule has 0 aliphatic rings. The van der Waals surface area contributed by atoms with Crippen LogP contribution in [0.3, 0.4) is 0 Å². The Morgan fingerprint density at radius 3 is 1.96 bits per heavy atom. The number of aliphatic carboxylic acids is 1. The molecule has 132 valence electrons. The second kappa shape index (κ2) is 8.60. The van der Waals surface area contributed by atoms with Crippen molar-refractivity contribution >= 4 is 12.0 Å². The molecular weight excluding hydrogens is 328 g/mol. The monoisotopic (exact) mass is 346 g/mol. The second-order valence-electron chi connectivity index (χ2n) is 4.83. The summed E-state index contributed by atoms with van der Waals surface area (Å²) in [6.45, 7) is -1.54. The minimum atomic E-state index is -1.54. The molecule has 2 N–H and O–H groups in total. The van der Waals surface area contributed by atoms with Gasteiger partial charge in [0.2, 0.25) is 0 Å². The minimum absolute atomic E-state index is 0.310. The number of benzene rings is 2. The van der Waals surface area contributed by atoms with Gasteiger partial charge in [-0.25, -0.2) is 4.79 Å². The topological polar surface area (TPSA) is 94.5 Å². The van der Waals surface area contributed by atoms with Crippen LogP contribution >= 0.6 is 0 Å². The van der Waals surface area contributed by atoms with Crippen molar-refractivity contribution in [1.29, 1.82) is 0 Å². The zero-order valence-electron chi connectivity index (χ0n) is 13.7. The molecule has 0 saturated carbocycles. The summed E-state index contributed by atoms with van der Waals surface area (Å²) in [7, 11) is 3.01. The largest absolute Gasteiger partial charge is 0.496 e. The third-order valence-electron chi connectivity index (χ3n) is 3.10. The normalized spacial score (nSPS) is 11.8. The van der Waals surface area contributed by atoms with E-state index in [0.29, 0.717) is 28.6 Å². The highest BCUT2D eigenvalue weighted by atomic mass is 16.8. The molecule has 0 heterocycles. The van der Waals surface area contributed by atoms with E-state index in [1.807, 2.05) is 0 Å². The van der Waals surface area contributed by atoms with E-state index in [-0.39, 0.29) is 0 Å². The lowest BCUT2D eigenvalue weighted by Gasteiger charge is -2.16. The van der Waals surface area contributed by atoms with E-state index in [4.69, 9.17) is 24.1 Å². The van der Waals surface area contributed by atoms with Gasteiger partial charge in [-0.1, -0.05) is 12.1 Å². The number of carbonyl (C=O) groups is 1. The van der Waals surface area contributed by atoms with Crippen molar-refractivity contribution in [2.75, 3.05) is 14.2 Å². The molecular formula is C18H18O7. The predicted molar refractivity (Wildman–Crippen MR) is 89.9 cm³/mol. The maximum atomic E-state index is 10.5. The zero-order valence-corrected chi connectivity index (χ0v) is 13.7. The fraction of sp³-hybridized carbons (Fsp3) is 0.167. The van der Waals surface area contributed by atoms with Crippen LogP contribution in [0, 0.1) is 0 Å². The number of hydrogen-bond acceptors (Lipinski definition) is 6. The van der Waals surface area contributed by atoms with Crippen LogP contribution < -0.4 is 18.9 Å². The average Bonchev–Trinajstić information content (AvgIpc) is 2.60. The molecule has 7 heteroatoms. The minimum Gasteiger partial charge on any atom is -0.496 e. The molecule has 0 aliphatic heterocycles. The van der Waals surface area contributed by atoms with E-state index in [9.17, 15) is 9.90 Å². The lowest BCUT2D eigenvalue weighted by atomic mass is 10.2. The molecule has 1 unspecified atom stereocenters. The summed E-state index contributed by atoms with van der Waals surface area (Å²) < 4.78 is 20.8. The molecule has 0 saturated heterocycles. The van der Waals surface area contributed by atoms with E-state index in [1.54, 1.807) is 42.5 Å². The van der Waals surface area contributed by atoms with Crippen molar-refractivity contribution in [3.05, 3.63) is 54.1 Å². The number of carboxylic acid groups (broad SMARTS) is 1. The van der Waals surface area contributed by atoms with Crippen LogP contribution in [-0.2, 0) is 4.79 Å². The Balaban J connectivity index is 2.00. The van der Waals surface area contributed by atoms with Crippen LogP contribution in [0.15, 0.2) is 48.5 Å². The summed E-state index contributed by atoms with van der Waals surface area (Å²) in [5.41, 5.74) is 0.683. The van der Waals surface area contributed by atoms with Crippen LogP contribution in [0.25, 0.3) is 6.08 Å². The molecule has 1 atom stereocenters. The lowest BCUT2D eigenvalue weighted by molar-refractivity contribution is -0.160. The summed E-state index contributed by atoms with van der Waals surface area (Å²) >= 11 is 0. The van der Waals surface area contributed by atoms with Crippen LogP contribution in [0.1, 0.15) is 5.56 Å². The lowest BCUT2D eigenvalue weighted by Crippen LogP contribution is -2.23. The maximum absolute atomic E-state index is 10.5. The third kappa shape index (κ3) is 5.74. The first kappa shape index (κ1) is 18.2. The zero-order chi connectivity index (χ0) is 18.2. The molecule has 2 aromatic rings. The van der Waals surface area contributed by atoms with E-state index in [2.05, 4.69) is 0 Å². The van der Waals surface area contributed by atoms with Gasteiger partial charge >= 0.3 is 12.4 Å². The summed E-state index contributed by atoms with van der Waals surface area (Å²) in [5.74, 6) is 0.657. The molecule has 0 spiro atoms. The number of aliphatic hydroxyl groups is 1. The fourth-order valence-electron chi connectivity index (χ4n) is 1.93. The molecule has 0 bridgehead atoms. The van der Waals surface area contributed by atoms with Gasteiger partial charge in [0.25, 0.3) is 0 Å². The maximum Gasteiger partial charge on any atom is 0.358 e. The van der Waals surface area contributed by atoms with Crippen LogP contribution in [-0.4, -0.2) is 36.9 Å². The quantitative estimate of drug-likeness (QED) is 0.560. The van der Waals surface area contributed by atoms with E-state index in [1.165, 1.54) is 20.3 Å². The number of hydrogen-bond donors (Lipinski definition) is 2. The van der Waals surface area contributed by atoms with Gasteiger partial charge in [-0.05, 0) is 23.8 Å². The molecule has 0 amide bonds. The Hall–Kier alpha value is -3.19. The SMILES string of the molecule is COc1cc(OC)cc(OC(O)Oc2ccc(/C=C/C(=O)O)cc2)c1. The Kier molecular flexibility index (Phi) is 6.25. The van der Waals surface area contributed by atoms with Gasteiger partial charge < -0.3 is 29.2 Å². The highest BCUT2D eigenvalue weighted by molar-refractivity contribution is 5.85. The van der Waals surface area contributed by atoms with Crippen molar-refractivity contribution in [2.45, 2.75) is 6.48 Å². The number of ether oxygens (including phenoxy) is 4. The smallest absolute Gasteiger partial charge is 0.358 e. The number of aliphatic hydroxyl groups excluding tert-OH is 1. The Labute approximate surface area is 144 Å². The molecule has 2 aromatic carbocycles. The van der Waals surface area contributed by atoms with Crippen molar-refractivity contribution in [2.24, 2.45) is 0 Å². The summed E-state index contributed by atoms with van der Waals surface area (Å²) in [6, 6.07) is 11.3. The standard InChI is InChI=1S/C18H18O7/c1-22-14-9-15(23-2)11-16(10-14)25-18(21)24-13-6-3-12(4-7-13)5-8-17(19)20/h3-11,18,21H,1-2H3,(H,19,20)/b8-5+. The predicted octanol–water partition coefficient (Wildman–Crippen LogP) is 2.54. The number of methoxy groups -OCH3 is 2. The van der Waals surface area contributed by atoms with E-state index in [0.717, 1.165) is 6.08 Å². The van der Waals surface area contributed by atoms with Crippen molar-refractivity contribution in [3.8, 4) is 23.0 Å².